The van der Waals surface area contributed by atoms with E-state index in [1.165, 1.54) is 5.56 Å². The Hall–Kier alpha value is -0.280. The van der Waals surface area contributed by atoms with E-state index in [0.717, 1.165) is 42.3 Å². The maximum absolute atomic E-state index is 6.50. The van der Waals surface area contributed by atoms with Crippen LogP contribution in [-0.4, -0.2) is 5.33 Å². The van der Waals surface area contributed by atoms with E-state index < -0.39 is 0 Å². The number of alkyl halides is 2. The van der Waals surface area contributed by atoms with Crippen molar-refractivity contribution in [2.45, 2.75) is 12.3 Å². The third-order valence-corrected chi connectivity index (χ3v) is 4.57. The molecular weight excluding hydrogens is 435 g/mol. The third kappa shape index (κ3) is 3.56. The van der Waals surface area contributed by atoms with Gasteiger partial charge in [-0.3, -0.25) is 0 Å². The van der Waals surface area contributed by atoms with Gasteiger partial charge in [0, 0.05) is 32.2 Å². The van der Waals surface area contributed by atoms with Gasteiger partial charge in [-0.2, -0.15) is 0 Å². The highest BCUT2D eigenvalue weighted by molar-refractivity contribution is 9.09. The van der Waals surface area contributed by atoms with Crippen LogP contribution in [0, 0.1) is 0 Å². The lowest BCUT2D eigenvalue weighted by Crippen LogP contribution is -1.84. The minimum absolute atomic E-state index is 0.770. The van der Waals surface area contributed by atoms with Crippen molar-refractivity contribution in [2.75, 3.05) is 5.33 Å². The van der Waals surface area contributed by atoms with Gasteiger partial charge in [0.25, 0.3) is 0 Å². The predicted octanol–water partition coefficient (Wildman–Crippen LogP) is 7.60. The Balaban J connectivity index is 0.000000497. The molecule has 0 saturated carbocycles. The van der Waals surface area contributed by atoms with Gasteiger partial charge in [0.1, 0.15) is 0 Å². The summed E-state index contributed by atoms with van der Waals surface area (Å²) in [5, 5.41) is 7.43. The quantitative estimate of drug-likeness (QED) is 0.265. The lowest BCUT2D eigenvalue weighted by molar-refractivity contribution is 1.47. The van der Waals surface area contributed by atoms with Gasteiger partial charge in [0.15, 0.2) is 0 Å². The van der Waals surface area contributed by atoms with Crippen molar-refractivity contribution < 1.29 is 0 Å². The lowest BCUT2D eigenvalue weighted by atomic mass is 10.0. The second-order valence-corrected chi connectivity index (χ2v) is 6.89. The van der Waals surface area contributed by atoms with Gasteiger partial charge in [0.2, 0.25) is 0 Å². The minimum Gasteiger partial charge on any atom is -0.0931 e. The van der Waals surface area contributed by atoms with Crippen molar-refractivity contribution >= 4 is 76.6 Å². The van der Waals surface area contributed by atoms with Crippen molar-refractivity contribution in [1.29, 1.82) is 0 Å². The van der Waals surface area contributed by atoms with Gasteiger partial charge >= 0.3 is 0 Å². The molecule has 0 bridgehead atoms. The zero-order valence-corrected chi connectivity index (χ0v) is 16.2. The minimum atomic E-state index is 0.770. The Morgan fingerprint density at radius 2 is 1.29 bits per heavy atom. The first-order valence-corrected chi connectivity index (χ1v) is 9.54. The van der Waals surface area contributed by atoms with Crippen LogP contribution in [-0.2, 0) is 5.33 Å². The van der Waals surface area contributed by atoms with E-state index in [1.54, 1.807) is 0 Å². The number of halogens is 4. The van der Waals surface area contributed by atoms with E-state index in [-0.39, 0.29) is 0 Å². The van der Waals surface area contributed by atoms with E-state index in [0.29, 0.717) is 0 Å². The number of rotatable bonds is 1. The van der Waals surface area contributed by atoms with Crippen LogP contribution < -0.4 is 0 Å². The molecule has 0 aliphatic rings. The van der Waals surface area contributed by atoms with Crippen LogP contribution in [0.15, 0.2) is 42.5 Å². The van der Waals surface area contributed by atoms with E-state index in [4.69, 9.17) is 23.2 Å². The summed E-state index contributed by atoms with van der Waals surface area (Å²) in [7, 11) is 0. The smallest absolute Gasteiger partial charge is 0.0563 e. The highest BCUT2D eigenvalue weighted by Gasteiger charge is 2.11. The molecule has 3 aromatic rings. The van der Waals surface area contributed by atoms with E-state index in [1.807, 2.05) is 37.3 Å². The fraction of sp³-hybridized carbons (Fsp3) is 0.176. The van der Waals surface area contributed by atoms with Gasteiger partial charge in [-0.1, -0.05) is 98.4 Å². The molecule has 0 amide bonds. The number of benzene rings is 3. The highest BCUT2D eigenvalue weighted by atomic mass is 79.9. The zero-order valence-electron chi connectivity index (χ0n) is 11.5. The normalized spacial score (nSPS) is 10.5. The third-order valence-electron chi connectivity index (χ3n) is 3.11. The maximum atomic E-state index is 6.50. The summed E-state index contributed by atoms with van der Waals surface area (Å²) < 4.78 is 0. The SMILES string of the molecule is CCBr.Clc1c2ccccc2c(Cl)c2cc(CBr)ccc12. The van der Waals surface area contributed by atoms with E-state index in [9.17, 15) is 0 Å². The molecule has 0 unspecified atom stereocenters. The molecule has 0 spiro atoms. The molecular formula is C17H14Br2Cl2. The van der Waals surface area contributed by atoms with Crippen molar-refractivity contribution in [3.8, 4) is 0 Å². The molecule has 3 aromatic carbocycles. The molecule has 0 fully saturated rings. The van der Waals surface area contributed by atoms with Gasteiger partial charge in [0.05, 0.1) is 10.0 Å². The molecule has 0 radical (unpaired) electrons. The van der Waals surface area contributed by atoms with E-state index in [2.05, 4.69) is 44.0 Å². The molecule has 110 valence electrons. The second kappa shape index (κ2) is 7.82. The topological polar surface area (TPSA) is 0 Å². The van der Waals surface area contributed by atoms with Crippen LogP contribution in [0.4, 0.5) is 0 Å². The molecule has 0 aliphatic carbocycles. The summed E-state index contributed by atoms with van der Waals surface area (Å²) in [5.74, 6) is 0. The van der Waals surface area contributed by atoms with Gasteiger partial charge in [-0.05, 0) is 11.6 Å². The fourth-order valence-corrected chi connectivity index (χ4v) is 3.20. The van der Waals surface area contributed by atoms with Crippen LogP contribution in [0.5, 0.6) is 0 Å². The van der Waals surface area contributed by atoms with Crippen LogP contribution in [0.2, 0.25) is 10.0 Å². The molecule has 4 heteroatoms. The number of fused-ring (bicyclic) bond motifs is 2. The van der Waals surface area contributed by atoms with Crippen LogP contribution in [0.1, 0.15) is 12.5 Å². The molecule has 3 rings (SSSR count). The summed E-state index contributed by atoms with van der Waals surface area (Å²) in [6.07, 6.45) is 0. The summed E-state index contributed by atoms with van der Waals surface area (Å²) in [6.45, 7) is 2.04. The summed E-state index contributed by atoms with van der Waals surface area (Å²) in [5.41, 5.74) is 1.19. The summed E-state index contributed by atoms with van der Waals surface area (Å²) in [4.78, 5) is 0. The molecule has 0 atom stereocenters. The van der Waals surface area contributed by atoms with Crippen LogP contribution >= 0.6 is 55.1 Å². The molecule has 0 heterocycles. The van der Waals surface area contributed by atoms with Crippen LogP contribution in [0.25, 0.3) is 21.5 Å². The van der Waals surface area contributed by atoms with Crippen molar-refractivity contribution in [1.82, 2.24) is 0 Å². The Labute approximate surface area is 151 Å². The largest absolute Gasteiger partial charge is 0.0931 e. The summed E-state index contributed by atoms with van der Waals surface area (Å²) >= 11 is 19.6. The summed E-state index contributed by atoms with van der Waals surface area (Å²) in [6, 6.07) is 14.1. The first kappa shape index (κ1) is 17.1. The second-order valence-electron chi connectivity index (χ2n) is 4.45. The predicted molar refractivity (Wildman–Crippen MR) is 104 cm³/mol. The average molecular weight is 449 g/mol. The van der Waals surface area contributed by atoms with E-state index >= 15 is 0 Å². The van der Waals surface area contributed by atoms with Gasteiger partial charge < -0.3 is 0 Å². The first-order valence-electron chi connectivity index (χ1n) is 6.54. The zero-order chi connectivity index (χ0) is 15.4. The number of hydrogen-bond acceptors (Lipinski definition) is 0. The standard InChI is InChI=1S/C15H9BrCl2.C2H5Br/c16-8-9-5-6-12-13(7-9)15(18)11-4-2-1-3-10(11)14(12)17;1-2-3/h1-7H,8H2;2H2,1H3. The average Bonchev–Trinajstić information content (AvgIpc) is 2.53. The number of hydrogen-bond donors (Lipinski definition) is 0. The Morgan fingerprint density at radius 3 is 1.81 bits per heavy atom. The van der Waals surface area contributed by atoms with Gasteiger partial charge in [-0.25, -0.2) is 0 Å². The van der Waals surface area contributed by atoms with Crippen molar-refractivity contribution in [3.05, 3.63) is 58.1 Å². The molecule has 0 N–H and O–H groups in total. The fourth-order valence-electron chi connectivity index (χ4n) is 2.20. The Bertz CT molecular complexity index is 769. The van der Waals surface area contributed by atoms with Crippen molar-refractivity contribution in [3.63, 3.8) is 0 Å². The van der Waals surface area contributed by atoms with Crippen molar-refractivity contribution in [2.24, 2.45) is 0 Å². The highest BCUT2D eigenvalue weighted by Crippen LogP contribution is 2.39. The Morgan fingerprint density at radius 1 is 0.810 bits per heavy atom. The van der Waals surface area contributed by atoms with Crippen LogP contribution in [0.3, 0.4) is 0 Å². The first-order chi connectivity index (χ1) is 10.1. The molecule has 21 heavy (non-hydrogen) atoms. The monoisotopic (exact) mass is 446 g/mol. The lowest BCUT2D eigenvalue weighted by Gasteiger charge is -2.10. The maximum Gasteiger partial charge on any atom is 0.0563 e. The molecule has 0 aromatic heterocycles. The molecule has 0 aliphatic heterocycles. The van der Waals surface area contributed by atoms with Gasteiger partial charge in [-0.15, -0.1) is 0 Å². The molecule has 0 saturated heterocycles. The Kier molecular flexibility index (Phi) is 6.36. The molecule has 0 nitrogen and oxygen atoms in total.